The Labute approximate surface area is 166 Å². The van der Waals surface area contributed by atoms with Crippen LogP contribution in [0.25, 0.3) is 0 Å². The van der Waals surface area contributed by atoms with Crippen molar-refractivity contribution in [2.45, 2.75) is 25.1 Å². The number of hydrogen-bond acceptors (Lipinski definition) is 5. The van der Waals surface area contributed by atoms with E-state index >= 15 is 0 Å². The number of carbonyl (C=O) groups is 3. The van der Waals surface area contributed by atoms with E-state index in [1.807, 2.05) is 0 Å². The number of alkyl halides is 3. The maximum atomic E-state index is 12.2. The molecule has 10 heteroatoms. The molecule has 0 aliphatic carbocycles. The van der Waals surface area contributed by atoms with E-state index in [-0.39, 0.29) is 0 Å². The van der Waals surface area contributed by atoms with Crippen LogP contribution < -0.4 is 5.32 Å². The van der Waals surface area contributed by atoms with Gasteiger partial charge in [-0.2, -0.15) is 13.2 Å². The first kappa shape index (κ1) is 21.2. The third-order valence-electron chi connectivity index (χ3n) is 3.74. The van der Waals surface area contributed by atoms with Crippen LogP contribution in [-0.2, 0) is 19.1 Å². The maximum Gasteiger partial charge on any atom is 0.454 e. The van der Waals surface area contributed by atoms with E-state index < -0.39 is 36.5 Å². The Morgan fingerprint density at radius 3 is 2.56 bits per heavy atom. The first-order valence-corrected chi connectivity index (χ1v) is 9.02. The second-order valence-electron chi connectivity index (χ2n) is 5.74. The van der Waals surface area contributed by atoms with Gasteiger partial charge in [0.2, 0.25) is 0 Å². The summed E-state index contributed by atoms with van der Waals surface area (Å²) >= 11 is 2.12. The Kier molecular flexibility index (Phi) is 7.22. The minimum atomic E-state index is -4.96. The average Bonchev–Trinajstić information content (AvgIpc) is 3.07. The van der Waals surface area contributed by atoms with Gasteiger partial charge in [0.15, 0.2) is 6.61 Å². The second-order valence-corrected chi connectivity index (χ2v) is 6.98. The van der Waals surface area contributed by atoms with Crippen molar-refractivity contribution in [3.05, 3.63) is 40.1 Å². The van der Waals surface area contributed by atoms with Crippen molar-refractivity contribution < 1.29 is 32.3 Å². The van der Waals surface area contributed by atoms with Gasteiger partial charge in [0.05, 0.1) is 0 Å². The molecule has 1 aromatic rings. The molecule has 0 saturated carbocycles. The fourth-order valence-electron chi connectivity index (χ4n) is 2.44. The van der Waals surface area contributed by atoms with Crippen LogP contribution in [0.1, 0.15) is 12.8 Å². The summed E-state index contributed by atoms with van der Waals surface area (Å²) in [6.45, 7) is -0.198. The van der Waals surface area contributed by atoms with Crippen LogP contribution in [0.15, 0.2) is 36.5 Å². The molecule has 0 bridgehead atoms. The number of nitrogens with zero attached hydrogens (tertiary/aromatic N) is 1. The number of ketones is 1. The lowest BCUT2D eigenvalue weighted by Crippen LogP contribution is -2.35. The van der Waals surface area contributed by atoms with Gasteiger partial charge in [0.25, 0.3) is 11.7 Å². The van der Waals surface area contributed by atoms with Gasteiger partial charge < -0.3 is 15.0 Å². The average molecular weight is 496 g/mol. The standard InChI is InChI=1S/C17H16F3IN2O4/c18-17(19,20)14(24)7-9-23-8-1-2-13(23)16(26)27-10-15(25)22-12-5-3-11(21)4-6-12/h3-7,9,13H,1-2,8,10H2,(H,22,25)/b9-7+. The van der Waals surface area contributed by atoms with Crippen LogP contribution in [0, 0.1) is 3.57 Å². The quantitative estimate of drug-likeness (QED) is 0.373. The number of benzene rings is 1. The van der Waals surface area contributed by atoms with Gasteiger partial charge in [-0.15, -0.1) is 0 Å². The van der Waals surface area contributed by atoms with E-state index in [0.717, 1.165) is 9.77 Å². The molecule has 1 fully saturated rings. The Bertz CT molecular complexity index is 735. The third kappa shape index (κ3) is 6.52. The van der Waals surface area contributed by atoms with Crippen LogP contribution in [0.3, 0.4) is 0 Å². The smallest absolute Gasteiger partial charge is 0.454 e. The van der Waals surface area contributed by atoms with Crippen LogP contribution in [-0.4, -0.2) is 47.9 Å². The molecule has 146 valence electrons. The number of halogens is 4. The molecule has 1 N–H and O–H groups in total. The highest BCUT2D eigenvalue weighted by Crippen LogP contribution is 2.21. The topological polar surface area (TPSA) is 75.7 Å². The summed E-state index contributed by atoms with van der Waals surface area (Å²) in [7, 11) is 0. The zero-order valence-electron chi connectivity index (χ0n) is 14.0. The predicted molar refractivity (Wildman–Crippen MR) is 98.7 cm³/mol. The molecule has 0 radical (unpaired) electrons. The van der Waals surface area contributed by atoms with Crippen LogP contribution in [0.2, 0.25) is 0 Å². The summed E-state index contributed by atoms with van der Waals surface area (Å²) in [5.41, 5.74) is 0.549. The van der Waals surface area contributed by atoms with Crippen molar-refractivity contribution in [3.8, 4) is 0 Å². The van der Waals surface area contributed by atoms with E-state index in [2.05, 4.69) is 27.9 Å². The molecule has 1 saturated heterocycles. The van der Waals surface area contributed by atoms with Gasteiger partial charge in [0.1, 0.15) is 6.04 Å². The molecule has 1 atom stereocenters. The van der Waals surface area contributed by atoms with Crippen LogP contribution >= 0.6 is 22.6 Å². The summed E-state index contributed by atoms with van der Waals surface area (Å²) in [6, 6.07) is 6.17. The molecular weight excluding hydrogens is 480 g/mol. The highest BCUT2D eigenvalue weighted by molar-refractivity contribution is 14.1. The van der Waals surface area contributed by atoms with E-state index in [4.69, 9.17) is 4.74 Å². The molecule has 1 unspecified atom stereocenters. The number of anilines is 1. The van der Waals surface area contributed by atoms with Crippen molar-refractivity contribution in [1.29, 1.82) is 0 Å². The lowest BCUT2D eigenvalue weighted by Gasteiger charge is -2.21. The summed E-state index contributed by atoms with van der Waals surface area (Å²) in [4.78, 5) is 36.2. The van der Waals surface area contributed by atoms with Gasteiger partial charge in [0, 0.05) is 28.1 Å². The first-order valence-electron chi connectivity index (χ1n) is 7.94. The molecule has 1 heterocycles. The fourth-order valence-corrected chi connectivity index (χ4v) is 2.80. The first-order chi connectivity index (χ1) is 12.7. The van der Waals surface area contributed by atoms with E-state index in [1.165, 1.54) is 4.90 Å². The minimum absolute atomic E-state index is 0.316. The molecule has 0 aromatic heterocycles. The number of amides is 1. The van der Waals surface area contributed by atoms with E-state index in [1.54, 1.807) is 24.3 Å². The molecule has 1 aliphatic heterocycles. The fraction of sp³-hybridized carbons (Fsp3) is 0.353. The zero-order valence-corrected chi connectivity index (χ0v) is 16.1. The molecule has 1 aromatic carbocycles. The van der Waals surface area contributed by atoms with Crippen molar-refractivity contribution in [1.82, 2.24) is 4.90 Å². The molecule has 2 rings (SSSR count). The Morgan fingerprint density at radius 1 is 1.26 bits per heavy atom. The summed E-state index contributed by atoms with van der Waals surface area (Å²) < 4.78 is 42.6. The maximum absolute atomic E-state index is 12.2. The third-order valence-corrected chi connectivity index (χ3v) is 4.46. The van der Waals surface area contributed by atoms with Gasteiger partial charge in [-0.1, -0.05) is 0 Å². The van der Waals surface area contributed by atoms with Gasteiger partial charge in [-0.3, -0.25) is 9.59 Å². The molecule has 6 nitrogen and oxygen atoms in total. The molecule has 0 spiro atoms. The molecule has 1 aliphatic rings. The van der Waals surface area contributed by atoms with Crippen molar-refractivity contribution in [2.24, 2.45) is 0 Å². The van der Waals surface area contributed by atoms with Crippen LogP contribution in [0.5, 0.6) is 0 Å². The van der Waals surface area contributed by atoms with Crippen molar-refractivity contribution in [2.75, 3.05) is 18.5 Å². The predicted octanol–water partition coefficient (Wildman–Crippen LogP) is 2.88. The monoisotopic (exact) mass is 496 g/mol. The number of carbonyl (C=O) groups excluding carboxylic acids is 3. The van der Waals surface area contributed by atoms with E-state index in [9.17, 15) is 27.6 Å². The highest BCUT2D eigenvalue weighted by atomic mass is 127. The second kappa shape index (κ2) is 9.20. The molecule has 27 heavy (non-hydrogen) atoms. The van der Waals surface area contributed by atoms with Crippen molar-refractivity contribution in [3.63, 3.8) is 0 Å². The number of nitrogens with one attached hydrogen (secondary N) is 1. The lowest BCUT2D eigenvalue weighted by atomic mass is 10.2. The summed E-state index contributed by atoms with van der Waals surface area (Å²) in [6.07, 6.45) is -2.71. The molecule has 1 amide bonds. The molecular formula is C17H16F3IN2O4. The zero-order chi connectivity index (χ0) is 20.0. The Balaban J connectivity index is 1.85. The Hall–Kier alpha value is -2.11. The summed E-state index contributed by atoms with van der Waals surface area (Å²) in [5.74, 6) is -3.26. The normalized spacial score (nSPS) is 17.2. The number of esters is 1. The van der Waals surface area contributed by atoms with Gasteiger partial charge in [-0.25, -0.2) is 4.79 Å². The van der Waals surface area contributed by atoms with Crippen LogP contribution in [0.4, 0.5) is 18.9 Å². The largest absolute Gasteiger partial charge is 0.454 e. The lowest BCUT2D eigenvalue weighted by molar-refractivity contribution is -0.165. The summed E-state index contributed by atoms with van der Waals surface area (Å²) in [5, 5.41) is 2.57. The number of hydrogen-bond donors (Lipinski definition) is 1. The number of rotatable bonds is 6. The number of allylic oxidation sites excluding steroid dienone is 1. The van der Waals surface area contributed by atoms with Gasteiger partial charge >= 0.3 is 12.1 Å². The van der Waals surface area contributed by atoms with E-state index in [0.29, 0.717) is 31.1 Å². The Morgan fingerprint density at radius 2 is 1.93 bits per heavy atom. The highest BCUT2D eigenvalue weighted by Gasteiger charge is 2.37. The SMILES string of the molecule is O=C(COC(=O)C1CCCN1/C=C/C(=O)C(F)(F)F)Nc1ccc(I)cc1. The number of ether oxygens (including phenoxy) is 1. The van der Waals surface area contributed by atoms with Gasteiger partial charge in [-0.05, 0) is 59.7 Å². The van der Waals surface area contributed by atoms with Crippen molar-refractivity contribution >= 4 is 45.9 Å². The minimum Gasteiger partial charge on any atom is -0.454 e. The number of likely N-dealkylation sites (tertiary alicyclic amines) is 1.